The van der Waals surface area contributed by atoms with E-state index in [0.29, 0.717) is 12.3 Å². The van der Waals surface area contributed by atoms with Crippen molar-refractivity contribution in [3.63, 3.8) is 0 Å². The van der Waals surface area contributed by atoms with E-state index < -0.39 is 0 Å². The molecule has 2 rings (SSSR count). The fourth-order valence-electron chi connectivity index (χ4n) is 2.50. The molecule has 0 bridgehead atoms. The number of rotatable bonds is 3. The number of nitrogens with zero attached hydrogens (tertiary/aromatic N) is 2. The van der Waals surface area contributed by atoms with Crippen LogP contribution in [0.15, 0.2) is 24.4 Å². The molecule has 1 saturated heterocycles. The Morgan fingerprint density at radius 1 is 1.53 bits per heavy atom. The first-order valence-corrected chi connectivity index (χ1v) is 6.47. The van der Waals surface area contributed by atoms with E-state index in [0.717, 1.165) is 31.6 Å². The highest BCUT2D eigenvalue weighted by atomic mass is 16.2. The summed E-state index contributed by atoms with van der Waals surface area (Å²) in [5, 5.41) is 0. The Balaban J connectivity index is 1.92. The van der Waals surface area contributed by atoms with Crippen molar-refractivity contribution < 1.29 is 4.79 Å². The lowest BCUT2D eigenvalue weighted by Crippen LogP contribution is -2.40. The highest BCUT2D eigenvalue weighted by Crippen LogP contribution is 2.20. The van der Waals surface area contributed by atoms with E-state index in [9.17, 15) is 4.79 Å². The van der Waals surface area contributed by atoms with E-state index >= 15 is 0 Å². The summed E-state index contributed by atoms with van der Waals surface area (Å²) < 4.78 is 0. The molecule has 1 aliphatic heterocycles. The Morgan fingerprint density at radius 2 is 2.41 bits per heavy atom. The maximum atomic E-state index is 11.7. The zero-order chi connectivity index (χ0) is 12.1. The van der Waals surface area contributed by atoms with Gasteiger partial charge < -0.3 is 4.90 Å². The topological polar surface area (TPSA) is 33.2 Å². The molecule has 0 radical (unpaired) electrons. The lowest BCUT2D eigenvalue weighted by molar-refractivity contribution is -0.132. The van der Waals surface area contributed by atoms with Crippen molar-refractivity contribution in [2.45, 2.75) is 32.6 Å². The molecule has 92 valence electrons. The summed E-state index contributed by atoms with van der Waals surface area (Å²) in [5.41, 5.74) is 1.14. The molecule has 0 N–H and O–H groups in total. The van der Waals surface area contributed by atoms with E-state index in [4.69, 9.17) is 0 Å². The number of carbonyl (C=O) groups excluding carboxylic acids is 1. The molecular weight excluding hydrogens is 212 g/mol. The van der Waals surface area contributed by atoms with Gasteiger partial charge in [-0.25, -0.2) is 0 Å². The lowest BCUT2D eigenvalue weighted by atomic mass is 9.93. The largest absolute Gasteiger partial charge is 0.342 e. The van der Waals surface area contributed by atoms with Gasteiger partial charge in [-0.1, -0.05) is 13.0 Å². The second-order valence-corrected chi connectivity index (χ2v) is 4.73. The van der Waals surface area contributed by atoms with Crippen LogP contribution in [0.2, 0.25) is 0 Å². The first-order valence-electron chi connectivity index (χ1n) is 6.47. The van der Waals surface area contributed by atoms with Gasteiger partial charge in [-0.15, -0.1) is 0 Å². The van der Waals surface area contributed by atoms with Crippen molar-refractivity contribution in [1.82, 2.24) is 9.88 Å². The number of likely N-dealkylation sites (tertiary alicyclic amines) is 1. The summed E-state index contributed by atoms with van der Waals surface area (Å²) in [6, 6.07) is 6.04. The van der Waals surface area contributed by atoms with Gasteiger partial charge >= 0.3 is 0 Å². The van der Waals surface area contributed by atoms with Crippen molar-refractivity contribution in [1.29, 1.82) is 0 Å². The van der Waals surface area contributed by atoms with Gasteiger partial charge in [0, 0.05) is 31.4 Å². The summed E-state index contributed by atoms with van der Waals surface area (Å²) in [4.78, 5) is 18.0. The molecular formula is C14H20N2O. The number of hydrogen-bond donors (Lipinski definition) is 0. The molecule has 17 heavy (non-hydrogen) atoms. The zero-order valence-electron chi connectivity index (χ0n) is 10.4. The van der Waals surface area contributed by atoms with Crippen LogP contribution in [0.4, 0.5) is 0 Å². The van der Waals surface area contributed by atoms with Crippen LogP contribution in [0, 0.1) is 5.92 Å². The molecule has 0 aliphatic carbocycles. The molecule has 1 aromatic heterocycles. The zero-order valence-corrected chi connectivity index (χ0v) is 10.4. The first kappa shape index (κ1) is 12.1. The average molecular weight is 232 g/mol. The second kappa shape index (κ2) is 5.80. The maximum Gasteiger partial charge on any atom is 0.222 e. The SMILES string of the molecule is CCC(=O)N1CCCC(Cc2ccccn2)C1. The number of amides is 1. The summed E-state index contributed by atoms with van der Waals surface area (Å²) in [6.07, 6.45) is 5.80. The first-order chi connectivity index (χ1) is 8.29. The van der Waals surface area contributed by atoms with Crippen molar-refractivity contribution >= 4 is 5.91 Å². The molecule has 1 atom stereocenters. The Kier molecular flexibility index (Phi) is 4.13. The normalized spacial score (nSPS) is 20.3. The number of piperidine rings is 1. The maximum absolute atomic E-state index is 11.7. The molecule has 1 fully saturated rings. The lowest BCUT2D eigenvalue weighted by Gasteiger charge is -2.32. The molecule has 1 aromatic rings. The minimum absolute atomic E-state index is 0.288. The van der Waals surface area contributed by atoms with Crippen molar-refractivity contribution in [3.8, 4) is 0 Å². The number of aromatic nitrogens is 1. The second-order valence-electron chi connectivity index (χ2n) is 4.73. The van der Waals surface area contributed by atoms with Crippen LogP contribution in [0.25, 0.3) is 0 Å². The summed E-state index contributed by atoms with van der Waals surface area (Å²) >= 11 is 0. The Bertz CT molecular complexity index is 364. The summed E-state index contributed by atoms with van der Waals surface area (Å²) in [6.45, 7) is 3.78. The molecule has 1 aliphatic rings. The minimum Gasteiger partial charge on any atom is -0.342 e. The van der Waals surface area contributed by atoms with Gasteiger partial charge in [0.25, 0.3) is 0 Å². The van der Waals surface area contributed by atoms with Crippen molar-refractivity contribution in [2.75, 3.05) is 13.1 Å². The van der Waals surface area contributed by atoms with Gasteiger partial charge in [0.2, 0.25) is 5.91 Å². The fourth-order valence-corrected chi connectivity index (χ4v) is 2.50. The monoisotopic (exact) mass is 232 g/mol. The third-order valence-corrected chi connectivity index (χ3v) is 3.40. The molecule has 3 nitrogen and oxygen atoms in total. The van der Waals surface area contributed by atoms with Crippen LogP contribution in [-0.4, -0.2) is 28.9 Å². The van der Waals surface area contributed by atoms with Crippen molar-refractivity contribution in [2.24, 2.45) is 5.92 Å². The molecule has 2 heterocycles. The molecule has 0 aromatic carbocycles. The molecule has 1 unspecified atom stereocenters. The minimum atomic E-state index is 0.288. The Morgan fingerprint density at radius 3 is 3.12 bits per heavy atom. The third-order valence-electron chi connectivity index (χ3n) is 3.40. The van der Waals surface area contributed by atoms with Crippen molar-refractivity contribution in [3.05, 3.63) is 30.1 Å². The quantitative estimate of drug-likeness (QED) is 0.801. The van der Waals surface area contributed by atoms with Crippen LogP contribution >= 0.6 is 0 Å². The van der Waals surface area contributed by atoms with E-state index in [2.05, 4.69) is 11.1 Å². The smallest absolute Gasteiger partial charge is 0.222 e. The number of carbonyl (C=O) groups is 1. The molecule has 0 spiro atoms. The van der Waals surface area contributed by atoms with Gasteiger partial charge in [-0.2, -0.15) is 0 Å². The van der Waals surface area contributed by atoms with E-state index in [1.165, 1.54) is 6.42 Å². The Hall–Kier alpha value is -1.38. The van der Waals surface area contributed by atoms with E-state index in [1.807, 2.05) is 30.2 Å². The average Bonchev–Trinajstić information content (AvgIpc) is 2.39. The van der Waals surface area contributed by atoms with E-state index in [-0.39, 0.29) is 5.91 Å². The van der Waals surface area contributed by atoms with Gasteiger partial charge in [-0.05, 0) is 37.3 Å². The predicted octanol–water partition coefficient (Wildman–Crippen LogP) is 2.27. The highest BCUT2D eigenvalue weighted by Gasteiger charge is 2.22. The van der Waals surface area contributed by atoms with Crippen LogP contribution in [-0.2, 0) is 11.2 Å². The molecule has 3 heteroatoms. The third kappa shape index (κ3) is 3.29. The standard InChI is InChI=1S/C14H20N2O/c1-2-14(17)16-9-5-6-12(11-16)10-13-7-3-4-8-15-13/h3-4,7-8,12H,2,5-6,9-11H2,1H3. The summed E-state index contributed by atoms with van der Waals surface area (Å²) in [7, 11) is 0. The fraction of sp³-hybridized carbons (Fsp3) is 0.571. The van der Waals surface area contributed by atoms with Gasteiger partial charge in [-0.3, -0.25) is 9.78 Å². The number of hydrogen-bond acceptors (Lipinski definition) is 2. The van der Waals surface area contributed by atoms with Gasteiger partial charge in [0.05, 0.1) is 0 Å². The number of pyridine rings is 1. The van der Waals surface area contributed by atoms with Gasteiger partial charge in [0.15, 0.2) is 0 Å². The van der Waals surface area contributed by atoms with Crippen LogP contribution in [0.1, 0.15) is 31.9 Å². The molecule has 1 amide bonds. The molecule has 0 saturated carbocycles. The van der Waals surface area contributed by atoms with E-state index in [1.54, 1.807) is 0 Å². The predicted molar refractivity (Wildman–Crippen MR) is 67.5 cm³/mol. The van der Waals surface area contributed by atoms with Crippen LogP contribution in [0.5, 0.6) is 0 Å². The van der Waals surface area contributed by atoms with Crippen LogP contribution < -0.4 is 0 Å². The highest BCUT2D eigenvalue weighted by molar-refractivity contribution is 5.75. The summed E-state index contributed by atoms with van der Waals surface area (Å²) in [5.74, 6) is 0.866. The van der Waals surface area contributed by atoms with Gasteiger partial charge in [0.1, 0.15) is 0 Å². The Labute approximate surface area is 103 Å². The van der Waals surface area contributed by atoms with Crippen LogP contribution in [0.3, 0.4) is 0 Å².